The van der Waals surface area contributed by atoms with Crippen LogP contribution in [0, 0.1) is 11.8 Å². The maximum atomic E-state index is 11.2. The van der Waals surface area contributed by atoms with Gasteiger partial charge in [0, 0.05) is 6.54 Å². The van der Waals surface area contributed by atoms with E-state index < -0.39 is 5.97 Å². The lowest BCUT2D eigenvalue weighted by atomic mass is 9.82. The molecule has 4 rings (SSSR count). The second kappa shape index (κ2) is 8.32. The van der Waals surface area contributed by atoms with Crippen LogP contribution in [0.4, 0.5) is 0 Å². The molecule has 1 saturated heterocycles. The third-order valence-electron chi connectivity index (χ3n) is 6.52. The molecule has 28 heavy (non-hydrogen) atoms. The molecule has 2 aromatic rings. The highest BCUT2D eigenvalue weighted by Crippen LogP contribution is 2.36. The highest BCUT2D eigenvalue weighted by atomic mass is 16.4. The van der Waals surface area contributed by atoms with Gasteiger partial charge < -0.3 is 10.0 Å². The molecule has 2 aromatic carbocycles. The van der Waals surface area contributed by atoms with Gasteiger partial charge in [0.15, 0.2) is 0 Å². The average Bonchev–Trinajstić information content (AvgIpc) is 2.73. The van der Waals surface area contributed by atoms with Crippen molar-refractivity contribution in [1.29, 1.82) is 0 Å². The zero-order valence-electron chi connectivity index (χ0n) is 16.6. The maximum absolute atomic E-state index is 11.2. The minimum atomic E-state index is -0.655. The lowest BCUT2D eigenvalue weighted by Crippen LogP contribution is -2.37. The van der Waals surface area contributed by atoms with Crippen molar-refractivity contribution >= 4 is 11.5 Å². The largest absolute Gasteiger partial charge is 0.481 e. The summed E-state index contributed by atoms with van der Waals surface area (Å²) in [5, 5.41) is 9.22. The van der Waals surface area contributed by atoms with Crippen molar-refractivity contribution in [3.8, 4) is 0 Å². The molecule has 0 saturated carbocycles. The number of carbonyl (C=O) groups is 1. The molecule has 0 radical (unpaired) electrons. The van der Waals surface area contributed by atoms with Crippen LogP contribution in [0.1, 0.15) is 48.4 Å². The van der Waals surface area contributed by atoms with E-state index in [1.807, 2.05) is 6.92 Å². The number of carboxylic acids is 1. The fraction of sp³-hybridized carbons (Fsp3) is 0.400. The van der Waals surface area contributed by atoms with Crippen molar-refractivity contribution in [2.45, 2.75) is 32.6 Å². The number of carboxylic acid groups (broad SMARTS) is 1. The van der Waals surface area contributed by atoms with Gasteiger partial charge in [-0.25, -0.2) is 0 Å². The third kappa shape index (κ3) is 3.90. The highest BCUT2D eigenvalue weighted by Gasteiger charge is 2.27. The molecule has 2 aliphatic rings. The fourth-order valence-corrected chi connectivity index (χ4v) is 4.71. The summed E-state index contributed by atoms with van der Waals surface area (Å²) in [5.74, 6) is -0.554. The van der Waals surface area contributed by atoms with Gasteiger partial charge in [-0.15, -0.1) is 0 Å². The lowest BCUT2D eigenvalue weighted by molar-refractivity contribution is -0.143. The van der Waals surface area contributed by atoms with Crippen molar-refractivity contribution in [3.63, 3.8) is 0 Å². The highest BCUT2D eigenvalue weighted by molar-refractivity contribution is 5.85. The normalized spacial score (nSPS) is 18.2. The number of benzene rings is 2. The van der Waals surface area contributed by atoms with E-state index in [4.69, 9.17) is 0 Å². The molecule has 0 amide bonds. The predicted molar refractivity (Wildman–Crippen MR) is 113 cm³/mol. The standard InChI is InChI=1S/C25H29NO2/c1-18(25(27)28)19-12-15-26(16-13-19)14-6-11-24-22-9-4-2-7-20(22)17-21-8-3-5-10-23(21)24/h2-5,7-11,18-19H,6,12-17H2,1H3,(H,27,28). The van der Waals surface area contributed by atoms with Crippen LogP contribution < -0.4 is 0 Å². The Balaban J connectivity index is 1.43. The van der Waals surface area contributed by atoms with Gasteiger partial charge in [0.25, 0.3) is 0 Å². The molecule has 1 atom stereocenters. The van der Waals surface area contributed by atoms with Crippen LogP contribution >= 0.6 is 0 Å². The average molecular weight is 376 g/mol. The predicted octanol–water partition coefficient (Wildman–Crippen LogP) is 4.85. The Hall–Kier alpha value is -2.39. The zero-order chi connectivity index (χ0) is 19.5. The summed E-state index contributed by atoms with van der Waals surface area (Å²) in [6.45, 7) is 4.92. The number of hydrogen-bond donors (Lipinski definition) is 1. The van der Waals surface area contributed by atoms with Crippen LogP contribution in [0.25, 0.3) is 5.57 Å². The van der Waals surface area contributed by atoms with Gasteiger partial charge in [-0.2, -0.15) is 0 Å². The molecule has 0 aromatic heterocycles. The quantitative estimate of drug-likeness (QED) is 0.693. The SMILES string of the molecule is CC(C(=O)O)C1CCN(CCC=C2c3ccccc3Cc3ccccc32)CC1. The molecule has 1 heterocycles. The number of hydrogen-bond acceptors (Lipinski definition) is 2. The minimum absolute atomic E-state index is 0.223. The molecule has 1 fully saturated rings. The van der Waals surface area contributed by atoms with Crippen LogP contribution in [0.5, 0.6) is 0 Å². The van der Waals surface area contributed by atoms with Crippen molar-refractivity contribution in [1.82, 2.24) is 4.90 Å². The Morgan fingerprint density at radius 3 is 2.21 bits per heavy atom. The summed E-state index contributed by atoms with van der Waals surface area (Å²) in [6.07, 6.45) is 6.43. The minimum Gasteiger partial charge on any atom is -0.481 e. The van der Waals surface area contributed by atoms with Gasteiger partial charge in [-0.05, 0) is 72.5 Å². The van der Waals surface area contributed by atoms with E-state index in [9.17, 15) is 9.90 Å². The molecule has 3 nitrogen and oxygen atoms in total. The van der Waals surface area contributed by atoms with E-state index in [0.717, 1.165) is 45.3 Å². The lowest BCUT2D eigenvalue weighted by Gasteiger charge is -2.33. The first kappa shape index (κ1) is 18.9. The van der Waals surface area contributed by atoms with Gasteiger partial charge >= 0.3 is 5.97 Å². The van der Waals surface area contributed by atoms with Gasteiger partial charge in [-0.1, -0.05) is 61.5 Å². The Labute approximate surface area is 167 Å². The van der Waals surface area contributed by atoms with Crippen LogP contribution in [0.2, 0.25) is 0 Å². The number of nitrogens with zero attached hydrogens (tertiary/aromatic N) is 1. The van der Waals surface area contributed by atoms with E-state index in [2.05, 4.69) is 59.5 Å². The molecule has 146 valence electrons. The van der Waals surface area contributed by atoms with Crippen LogP contribution in [0.3, 0.4) is 0 Å². The van der Waals surface area contributed by atoms with Gasteiger partial charge in [-0.3, -0.25) is 4.79 Å². The first-order chi connectivity index (χ1) is 13.6. The second-order valence-electron chi connectivity index (χ2n) is 8.20. The summed E-state index contributed by atoms with van der Waals surface area (Å²) in [5.41, 5.74) is 6.93. The Bertz CT molecular complexity index is 830. The summed E-state index contributed by atoms with van der Waals surface area (Å²) in [4.78, 5) is 13.7. The van der Waals surface area contributed by atoms with Crippen LogP contribution in [-0.2, 0) is 11.2 Å². The number of piperidine rings is 1. The summed E-state index contributed by atoms with van der Waals surface area (Å²) in [7, 11) is 0. The van der Waals surface area contributed by atoms with Gasteiger partial charge in [0.05, 0.1) is 5.92 Å². The third-order valence-corrected chi connectivity index (χ3v) is 6.52. The molecule has 1 aliphatic heterocycles. The number of rotatable bonds is 5. The molecular formula is C25H29NO2. The number of fused-ring (bicyclic) bond motifs is 2. The monoisotopic (exact) mass is 375 g/mol. The van der Waals surface area contributed by atoms with E-state index >= 15 is 0 Å². The van der Waals surface area contributed by atoms with Crippen molar-refractivity contribution in [2.75, 3.05) is 19.6 Å². The Morgan fingerprint density at radius 1 is 1.07 bits per heavy atom. The van der Waals surface area contributed by atoms with Gasteiger partial charge in [0.2, 0.25) is 0 Å². The van der Waals surface area contributed by atoms with Gasteiger partial charge in [0.1, 0.15) is 0 Å². The first-order valence-electron chi connectivity index (χ1n) is 10.5. The molecule has 1 N–H and O–H groups in total. The van der Waals surface area contributed by atoms with Crippen LogP contribution in [0.15, 0.2) is 54.6 Å². The van der Waals surface area contributed by atoms with Crippen molar-refractivity contribution < 1.29 is 9.90 Å². The molecule has 3 heteroatoms. The molecule has 1 aliphatic carbocycles. The fourth-order valence-electron chi connectivity index (χ4n) is 4.71. The Kier molecular flexibility index (Phi) is 5.63. The number of aliphatic carboxylic acids is 1. The molecular weight excluding hydrogens is 346 g/mol. The van der Waals surface area contributed by atoms with Crippen molar-refractivity contribution in [2.24, 2.45) is 11.8 Å². The molecule has 1 unspecified atom stereocenters. The summed E-state index contributed by atoms with van der Waals surface area (Å²) >= 11 is 0. The smallest absolute Gasteiger partial charge is 0.306 e. The Morgan fingerprint density at radius 2 is 1.64 bits per heavy atom. The van der Waals surface area contributed by atoms with E-state index in [-0.39, 0.29) is 5.92 Å². The molecule has 0 bridgehead atoms. The zero-order valence-corrected chi connectivity index (χ0v) is 16.6. The first-order valence-corrected chi connectivity index (χ1v) is 10.5. The second-order valence-corrected chi connectivity index (χ2v) is 8.20. The van der Waals surface area contributed by atoms with E-state index in [1.54, 1.807) is 0 Å². The van der Waals surface area contributed by atoms with Crippen LogP contribution in [-0.4, -0.2) is 35.6 Å². The van der Waals surface area contributed by atoms with E-state index in [1.165, 1.54) is 27.8 Å². The van der Waals surface area contributed by atoms with E-state index in [0.29, 0.717) is 5.92 Å². The van der Waals surface area contributed by atoms with Crippen molar-refractivity contribution in [3.05, 3.63) is 76.9 Å². The topological polar surface area (TPSA) is 40.5 Å². The summed E-state index contributed by atoms with van der Waals surface area (Å²) in [6, 6.07) is 17.5. The summed E-state index contributed by atoms with van der Waals surface area (Å²) < 4.78 is 0. The number of likely N-dealkylation sites (tertiary alicyclic amines) is 1. The molecule has 0 spiro atoms. The maximum Gasteiger partial charge on any atom is 0.306 e.